The minimum absolute atomic E-state index is 0.329. The van der Waals surface area contributed by atoms with E-state index in [2.05, 4.69) is 0 Å². The van der Waals surface area contributed by atoms with Crippen molar-refractivity contribution in [1.82, 2.24) is 0 Å². The molecule has 2 rings (SSSR count). The molecule has 0 N–H and O–H groups in total. The third kappa shape index (κ3) is 2.04. The van der Waals surface area contributed by atoms with E-state index in [4.69, 9.17) is 14.2 Å². The monoisotopic (exact) mass is 280 g/mol. The molecule has 1 aromatic heterocycles. The highest BCUT2D eigenvalue weighted by Gasteiger charge is 2.22. The van der Waals surface area contributed by atoms with Crippen molar-refractivity contribution < 1.29 is 23.8 Å². The summed E-state index contributed by atoms with van der Waals surface area (Å²) in [4.78, 5) is 22.9. The Labute approximate surface area is 113 Å². The molecule has 5 nitrogen and oxygen atoms in total. The number of carbonyl (C=O) groups excluding carboxylic acids is 2. The minimum Gasteiger partial charge on any atom is -0.495 e. The zero-order valence-corrected chi connectivity index (χ0v) is 11.5. The summed E-state index contributed by atoms with van der Waals surface area (Å²) in [6, 6.07) is 1.59. The lowest BCUT2D eigenvalue weighted by Gasteiger charge is -2.10. The Balaban J connectivity index is 2.88. The molecule has 6 heteroatoms. The van der Waals surface area contributed by atoms with Crippen molar-refractivity contribution in [3.05, 3.63) is 22.6 Å². The fraction of sp³-hybridized carbons (Fsp3) is 0.231. The van der Waals surface area contributed by atoms with E-state index in [1.165, 1.54) is 32.7 Å². The van der Waals surface area contributed by atoms with Crippen molar-refractivity contribution in [1.29, 1.82) is 0 Å². The van der Waals surface area contributed by atoms with Crippen LogP contribution in [0, 0.1) is 0 Å². The van der Waals surface area contributed by atoms with Gasteiger partial charge in [-0.3, -0.25) is 4.79 Å². The number of ether oxygens (including phenoxy) is 3. The molecule has 0 atom stereocenters. The summed E-state index contributed by atoms with van der Waals surface area (Å²) in [6.45, 7) is 0. The van der Waals surface area contributed by atoms with Gasteiger partial charge in [0.05, 0.1) is 42.5 Å². The van der Waals surface area contributed by atoms with Crippen LogP contribution in [0.1, 0.15) is 20.7 Å². The maximum Gasteiger partial charge on any atom is 0.339 e. The van der Waals surface area contributed by atoms with Gasteiger partial charge < -0.3 is 14.2 Å². The van der Waals surface area contributed by atoms with Crippen molar-refractivity contribution >= 4 is 33.7 Å². The molecule has 0 aliphatic rings. The molecule has 2 aromatic rings. The second-order valence-electron chi connectivity index (χ2n) is 3.66. The Kier molecular flexibility index (Phi) is 3.71. The lowest BCUT2D eigenvalue weighted by molar-refractivity contribution is 0.0603. The molecule has 0 radical (unpaired) electrons. The lowest BCUT2D eigenvalue weighted by Crippen LogP contribution is -2.02. The molecule has 100 valence electrons. The first-order valence-corrected chi connectivity index (χ1v) is 6.25. The average molecular weight is 280 g/mol. The van der Waals surface area contributed by atoms with E-state index in [-0.39, 0.29) is 0 Å². The molecular weight excluding hydrogens is 268 g/mol. The molecular formula is C13H12O5S. The maximum absolute atomic E-state index is 11.8. The number of aldehydes is 1. The molecule has 1 heterocycles. The van der Waals surface area contributed by atoms with E-state index in [0.29, 0.717) is 34.3 Å². The van der Waals surface area contributed by atoms with Crippen molar-refractivity contribution in [2.75, 3.05) is 21.3 Å². The van der Waals surface area contributed by atoms with Gasteiger partial charge in [-0.1, -0.05) is 0 Å². The van der Waals surface area contributed by atoms with Gasteiger partial charge >= 0.3 is 5.97 Å². The van der Waals surface area contributed by atoms with Crippen molar-refractivity contribution in [3.63, 3.8) is 0 Å². The number of fused-ring (bicyclic) bond motifs is 1. The zero-order valence-electron chi connectivity index (χ0n) is 10.7. The van der Waals surface area contributed by atoms with Crippen molar-refractivity contribution in [3.8, 4) is 11.5 Å². The number of benzene rings is 1. The molecule has 0 spiro atoms. The predicted octanol–water partition coefficient (Wildman–Crippen LogP) is 2.52. The highest BCUT2D eigenvalue weighted by Crippen LogP contribution is 2.42. The number of esters is 1. The van der Waals surface area contributed by atoms with Gasteiger partial charge in [0.25, 0.3) is 0 Å². The van der Waals surface area contributed by atoms with Gasteiger partial charge in [0.2, 0.25) is 0 Å². The van der Waals surface area contributed by atoms with E-state index < -0.39 is 5.97 Å². The molecule has 0 aliphatic carbocycles. The Morgan fingerprint density at radius 2 is 2.00 bits per heavy atom. The van der Waals surface area contributed by atoms with Crippen LogP contribution < -0.4 is 9.47 Å². The Bertz CT molecular complexity index is 644. The third-order valence-corrected chi connectivity index (χ3v) is 3.74. The highest BCUT2D eigenvalue weighted by atomic mass is 32.1. The molecule has 0 bridgehead atoms. The zero-order chi connectivity index (χ0) is 14.0. The number of thiophene rings is 1. The molecule has 0 aliphatic heterocycles. The van der Waals surface area contributed by atoms with Gasteiger partial charge in [0, 0.05) is 5.38 Å². The summed E-state index contributed by atoms with van der Waals surface area (Å²) >= 11 is 1.34. The van der Waals surface area contributed by atoms with Crippen LogP contribution in [-0.4, -0.2) is 33.6 Å². The quantitative estimate of drug-likeness (QED) is 0.636. The summed E-state index contributed by atoms with van der Waals surface area (Å²) in [5.41, 5.74) is 0.691. The first kappa shape index (κ1) is 13.4. The Morgan fingerprint density at radius 1 is 1.26 bits per heavy atom. The molecule has 0 amide bonds. The second-order valence-corrected chi connectivity index (χ2v) is 4.54. The standard InChI is InChI=1S/C13H12O5S/c1-16-9-4-7(5-14)11(17-2)10-8(13(15)18-3)6-19-12(9)10/h4-6H,1-3H3. The smallest absolute Gasteiger partial charge is 0.339 e. The molecule has 0 saturated heterocycles. The number of methoxy groups -OCH3 is 3. The molecule has 19 heavy (non-hydrogen) atoms. The van der Waals surface area contributed by atoms with Crippen LogP contribution in [0.15, 0.2) is 11.4 Å². The SMILES string of the molecule is COC(=O)c1csc2c(OC)cc(C=O)c(OC)c12. The van der Waals surface area contributed by atoms with Crippen molar-refractivity contribution in [2.24, 2.45) is 0 Å². The van der Waals surface area contributed by atoms with Crippen LogP contribution in [0.5, 0.6) is 11.5 Å². The minimum atomic E-state index is -0.477. The fourth-order valence-electron chi connectivity index (χ4n) is 1.90. The first-order valence-electron chi connectivity index (χ1n) is 5.37. The largest absolute Gasteiger partial charge is 0.495 e. The van der Waals surface area contributed by atoms with Crippen LogP contribution >= 0.6 is 11.3 Å². The lowest BCUT2D eigenvalue weighted by atomic mass is 10.1. The number of hydrogen-bond acceptors (Lipinski definition) is 6. The van der Waals surface area contributed by atoms with Gasteiger partial charge in [-0.2, -0.15) is 0 Å². The second kappa shape index (κ2) is 5.27. The Morgan fingerprint density at radius 3 is 2.53 bits per heavy atom. The summed E-state index contributed by atoms with van der Waals surface area (Å²) < 4.78 is 16.0. The number of carbonyl (C=O) groups is 2. The van der Waals surface area contributed by atoms with Crippen LogP contribution in [0.25, 0.3) is 10.1 Å². The third-order valence-electron chi connectivity index (χ3n) is 2.75. The van der Waals surface area contributed by atoms with Gasteiger partial charge in [-0.25, -0.2) is 4.79 Å². The molecule has 0 saturated carbocycles. The predicted molar refractivity (Wildman–Crippen MR) is 71.7 cm³/mol. The maximum atomic E-state index is 11.8. The molecule has 1 aromatic carbocycles. The van der Waals surface area contributed by atoms with Gasteiger partial charge in [0.1, 0.15) is 11.5 Å². The first-order chi connectivity index (χ1) is 9.17. The summed E-state index contributed by atoms with van der Waals surface area (Å²) in [5.74, 6) is 0.403. The van der Waals surface area contributed by atoms with Crippen LogP contribution in [0.3, 0.4) is 0 Å². The normalized spacial score (nSPS) is 10.3. The summed E-state index contributed by atoms with van der Waals surface area (Å²) in [7, 11) is 4.26. The van der Waals surface area contributed by atoms with Crippen LogP contribution in [0.4, 0.5) is 0 Å². The Hall–Kier alpha value is -2.08. The van der Waals surface area contributed by atoms with Gasteiger partial charge in [-0.15, -0.1) is 11.3 Å². The van der Waals surface area contributed by atoms with Gasteiger partial charge in [0.15, 0.2) is 6.29 Å². The van der Waals surface area contributed by atoms with E-state index in [1.54, 1.807) is 11.4 Å². The summed E-state index contributed by atoms with van der Waals surface area (Å²) in [5, 5.41) is 2.21. The topological polar surface area (TPSA) is 61.8 Å². The van der Waals surface area contributed by atoms with Gasteiger partial charge in [-0.05, 0) is 6.07 Å². The fourth-order valence-corrected chi connectivity index (χ4v) is 2.93. The van der Waals surface area contributed by atoms with Crippen LogP contribution in [-0.2, 0) is 4.74 Å². The van der Waals surface area contributed by atoms with E-state index >= 15 is 0 Å². The van der Waals surface area contributed by atoms with Crippen molar-refractivity contribution in [2.45, 2.75) is 0 Å². The highest BCUT2D eigenvalue weighted by molar-refractivity contribution is 7.18. The average Bonchev–Trinajstić information content (AvgIpc) is 2.89. The van der Waals surface area contributed by atoms with Crippen LogP contribution in [0.2, 0.25) is 0 Å². The number of hydrogen-bond donors (Lipinski definition) is 0. The molecule has 0 fully saturated rings. The van der Waals surface area contributed by atoms with E-state index in [9.17, 15) is 9.59 Å². The van der Waals surface area contributed by atoms with E-state index in [0.717, 1.165) is 4.70 Å². The summed E-state index contributed by atoms with van der Waals surface area (Å²) in [6.07, 6.45) is 0.666. The van der Waals surface area contributed by atoms with E-state index in [1.807, 2.05) is 0 Å². The number of rotatable bonds is 4. The molecule has 0 unspecified atom stereocenters.